The van der Waals surface area contributed by atoms with Gasteiger partial charge in [0, 0.05) is 16.8 Å². The SMILES string of the molecule is Cc1ccc2c(c1)C=C[C@@H]1N2[C@H](C(=O)C(C)(C)C)[C@@H](C(=O)c2cccs2)[C@]12C(=O)Nc1ccccc12. The monoisotopic (exact) mass is 496 g/mol. The number of fused-ring (bicyclic) bond motifs is 6. The van der Waals surface area contributed by atoms with Crippen molar-refractivity contribution in [3.63, 3.8) is 0 Å². The highest BCUT2D eigenvalue weighted by Gasteiger charge is 2.70. The number of amides is 1. The van der Waals surface area contributed by atoms with Gasteiger partial charge in [0.25, 0.3) is 0 Å². The van der Waals surface area contributed by atoms with Crippen molar-refractivity contribution in [2.75, 3.05) is 10.2 Å². The molecule has 6 rings (SSSR count). The number of carbonyl (C=O) groups excluding carboxylic acids is 3. The van der Waals surface area contributed by atoms with Crippen LogP contribution in [-0.2, 0) is 15.0 Å². The van der Waals surface area contributed by atoms with Crippen molar-refractivity contribution in [2.24, 2.45) is 11.3 Å². The molecule has 1 N–H and O–H groups in total. The van der Waals surface area contributed by atoms with Crippen LogP contribution < -0.4 is 10.2 Å². The third kappa shape index (κ3) is 2.97. The maximum Gasteiger partial charge on any atom is 0.238 e. The standard InChI is InChI=1S/C30H28N2O3S/c1-17-11-13-21-18(16-17)12-14-23-30(19-8-5-6-9-20(19)31-28(30)35)24(26(33)22-10-7-15-36-22)25(32(21)23)27(34)29(2,3)4/h5-16,23-25H,1-4H3,(H,31,35)/t23-,24-,25-,30+/m0/s1. The molecule has 1 fully saturated rings. The van der Waals surface area contributed by atoms with Crippen LogP contribution >= 0.6 is 11.3 Å². The molecule has 1 amide bonds. The lowest BCUT2D eigenvalue weighted by atomic mass is 9.64. The zero-order valence-electron chi connectivity index (χ0n) is 20.7. The van der Waals surface area contributed by atoms with Crippen LogP contribution in [0.1, 0.15) is 47.1 Å². The first-order chi connectivity index (χ1) is 17.2. The third-order valence-electron chi connectivity index (χ3n) is 7.84. The Labute approximate surface area is 214 Å². The third-order valence-corrected chi connectivity index (χ3v) is 8.73. The van der Waals surface area contributed by atoms with E-state index in [-0.39, 0.29) is 17.5 Å². The average molecular weight is 497 g/mol. The van der Waals surface area contributed by atoms with E-state index in [1.54, 1.807) is 6.07 Å². The molecular formula is C30H28N2O3S. The number of para-hydroxylation sites is 1. The summed E-state index contributed by atoms with van der Waals surface area (Å²) in [6.45, 7) is 7.70. The minimum absolute atomic E-state index is 0.0433. The molecule has 0 saturated carbocycles. The second-order valence-corrected chi connectivity index (χ2v) is 12.0. The molecule has 3 aliphatic rings. The Hall–Kier alpha value is -3.51. The predicted octanol–water partition coefficient (Wildman–Crippen LogP) is 5.64. The highest BCUT2D eigenvalue weighted by molar-refractivity contribution is 7.12. The van der Waals surface area contributed by atoms with Crippen LogP contribution in [0.3, 0.4) is 0 Å². The van der Waals surface area contributed by atoms with Crippen molar-refractivity contribution in [1.29, 1.82) is 0 Å². The Morgan fingerprint density at radius 1 is 1.06 bits per heavy atom. The number of nitrogens with one attached hydrogen (secondary N) is 1. The maximum atomic E-state index is 14.4. The Morgan fingerprint density at radius 2 is 1.83 bits per heavy atom. The molecule has 0 radical (unpaired) electrons. The van der Waals surface area contributed by atoms with Gasteiger partial charge in [-0.2, -0.15) is 0 Å². The van der Waals surface area contributed by atoms with Crippen molar-refractivity contribution in [2.45, 2.75) is 45.2 Å². The fraction of sp³-hybridized carbons (Fsp3) is 0.300. The average Bonchev–Trinajstić information content (AvgIpc) is 3.54. The number of aryl methyl sites for hydroxylation is 1. The van der Waals surface area contributed by atoms with E-state index in [1.807, 2.05) is 87.7 Å². The first-order valence-electron chi connectivity index (χ1n) is 12.3. The zero-order chi connectivity index (χ0) is 25.4. The minimum atomic E-state index is -1.23. The predicted molar refractivity (Wildman–Crippen MR) is 144 cm³/mol. The van der Waals surface area contributed by atoms with Crippen molar-refractivity contribution in [3.05, 3.63) is 87.6 Å². The van der Waals surface area contributed by atoms with Gasteiger partial charge in [0.1, 0.15) is 11.5 Å². The topological polar surface area (TPSA) is 66.5 Å². The van der Waals surface area contributed by atoms with E-state index in [0.29, 0.717) is 10.6 Å². The molecule has 1 saturated heterocycles. The van der Waals surface area contributed by atoms with E-state index in [9.17, 15) is 14.4 Å². The summed E-state index contributed by atoms with van der Waals surface area (Å²) in [6, 6.07) is 16.1. The van der Waals surface area contributed by atoms with Gasteiger partial charge in [0.2, 0.25) is 5.91 Å². The second-order valence-electron chi connectivity index (χ2n) is 11.0. The van der Waals surface area contributed by atoms with Crippen molar-refractivity contribution in [1.82, 2.24) is 0 Å². The number of hydrogen-bond acceptors (Lipinski definition) is 5. The summed E-state index contributed by atoms with van der Waals surface area (Å²) >= 11 is 1.36. The number of nitrogens with zero attached hydrogens (tertiary/aromatic N) is 1. The lowest BCUT2D eigenvalue weighted by Crippen LogP contribution is -2.51. The summed E-state index contributed by atoms with van der Waals surface area (Å²) in [4.78, 5) is 45.5. The molecule has 182 valence electrons. The summed E-state index contributed by atoms with van der Waals surface area (Å²) in [5.41, 5.74) is 2.53. The van der Waals surface area contributed by atoms with E-state index >= 15 is 0 Å². The summed E-state index contributed by atoms with van der Waals surface area (Å²) in [7, 11) is 0. The first-order valence-corrected chi connectivity index (χ1v) is 13.1. The molecule has 4 atom stereocenters. The molecule has 6 heteroatoms. The molecule has 1 aromatic heterocycles. The summed E-state index contributed by atoms with van der Waals surface area (Å²) in [5, 5.41) is 4.93. The number of anilines is 2. The van der Waals surface area contributed by atoms with Crippen LogP contribution in [0.25, 0.3) is 6.08 Å². The molecular weight excluding hydrogens is 468 g/mol. The van der Waals surface area contributed by atoms with Crippen LogP contribution in [0, 0.1) is 18.3 Å². The smallest absolute Gasteiger partial charge is 0.238 e. The quantitative estimate of drug-likeness (QED) is 0.476. The first kappa shape index (κ1) is 22.9. The maximum absolute atomic E-state index is 14.4. The number of ketones is 2. The molecule has 3 aliphatic heterocycles. The van der Waals surface area contributed by atoms with Gasteiger partial charge in [-0.05, 0) is 47.7 Å². The van der Waals surface area contributed by atoms with Crippen LogP contribution in [0.15, 0.2) is 66.1 Å². The highest BCUT2D eigenvalue weighted by atomic mass is 32.1. The lowest BCUT2D eigenvalue weighted by Gasteiger charge is -2.38. The van der Waals surface area contributed by atoms with Crippen molar-refractivity contribution < 1.29 is 14.4 Å². The Bertz CT molecular complexity index is 1450. The fourth-order valence-corrected chi connectivity index (χ4v) is 7.02. The number of carbonyl (C=O) groups is 3. The van der Waals surface area contributed by atoms with E-state index in [1.165, 1.54) is 11.3 Å². The minimum Gasteiger partial charge on any atom is -0.352 e. The number of rotatable bonds is 3. The van der Waals surface area contributed by atoms with Gasteiger partial charge in [-0.25, -0.2) is 0 Å². The van der Waals surface area contributed by atoms with Crippen LogP contribution in [0.4, 0.5) is 11.4 Å². The zero-order valence-corrected chi connectivity index (χ0v) is 21.6. The lowest BCUT2D eigenvalue weighted by molar-refractivity contribution is -0.128. The summed E-state index contributed by atoms with van der Waals surface area (Å²) in [6.07, 6.45) is 4.06. The number of Topliss-reactive ketones (excluding diaryl/α,β-unsaturated/α-hetero) is 2. The molecule has 3 aromatic rings. The molecule has 5 nitrogen and oxygen atoms in total. The number of hydrogen-bond donors (Lipinski definition) is 1. The molecule has 4 heterocycles. The van der Waals surface area contributed by atoms with E-state index < -0.39 is 28.8 Å². The van der Waals surface area contributed by atoms with Crippen LogP contribution in [0.5, 0.6) is 0 Å². The summed E-state index contributed by atoms with van der Waals surface area (Å²) < 4.78 is 0. The van der Waals surface area contributed by atoms with Crippen molar-refractivity contribution >= 4 is 46.3 Å². The normalized spacial score (nSPS) is 25.9. The van der Waals surface area contributed by atoms with Crippen LogP contribution in [0.2, 0.25) is 0 Å². The largest absolute Gasteiger partial charge is 0.352 e. The van der Waals surface area contributed by atoms with Gasteiger partial charge in [-0.1, -0.05) is 68.8 Å². The second kappa shape index (κ2) is 7.74. The van der Waals surface area contributed by atoms with E-state index in [2.05, 4.69) is 16.3 Å². The fourth-order valence-electron chi connectivity index (χ4n) is 6.31. The van der Waals surface area contributed by atoms with Gasteiger partial charge in [0.15, 0.2) is 11.6 Å². The van der Waals surface area contributed by atoms with Crippen molar-refractivity contribution in [3.8, 4) is 0 Å². The Morgan fingerprint density at radius 3 is 2.56 bits per heavy atom. The van der Waals surface area contributed by atoms with Crippen LogP contribution in [-0.4, -0.2) is 29.6 Å². The number of thiophene rings is 1. The van der Waals surface area contributed by atoms with Gasteiger partial charge < -0.3 is 10.2 Å². The van der Waals surface area contributed by atoms with Gasteiger partial charge in [-0.15, -0.1) is 11.3 Å². The van der Waals surface area contributed by atoms with Gasteiger partial charge in [0.05, 0.1) is 16.8 Å². The number of benzene rings is 2. The van der Waals surface area contributed by atoms with Gasteiger partial charge in [-0.3, -0.25) is 14.4 Å². The molecule has 0 unspecified atom stereocenters. The molecule has 36 heavy (non-hydrogen) atoms. The summed E-state index contributed by atoms with van der Waals surface area (Å²) in [5.74, 6) is -1.30. The highest BCUT2D eigenvalue weighted by Crippen LogP contribution is 2.58. The Balaban J connectivity index is 1.69. The van der Waals surface area contributed by atoms with E-state index in [0.717, 1.165) is 22.4 Å². The molecule has 1 spiro atoms. The van der Waals surface area contributed by atoms with Gasteiger partial charge >= 0.3 is 0 Å². The molecule has 2 aromatic carbocycles. The Kier molecular flexibility index (Phi) is 4.93. The van der Waals surface area contributed by atoms with E-state index in [4.69, 9.17) is 0 Å². The molecule has 0 aliphatic carbocycles. The molecule has 0 bridgehead atoms.